The fourth-order valence-electron chi connectivity index (χ4n) is 3.12. The van der Waals surface area contributed by atoms with Crippen molar-refractivity contribution >= 4 is 0 Å². The molecule has 0 saturated heterocycles. The molecule has 0 aromatic heterocycles. The molecule has 0 atom stereocenters. The van der Waals surface area contributed by atoms with Gasteiger partial charge in [-0.2, -0.15) is 0 Å². The van der Waals surface area contributed by atoms with Gasteiger partial charge in [-0.15, -0.1) is 0 Å². The summed E-state index contributed by atoms with van der Waals surface area (Å²) in [5.41, 5.74) is 0.520. The lowest BCUT2D eigenvalue weighted by molar-refractivity contribution is -0.0936. The summed E-state index contributed by atoms with van der Waals surface area (Å²) < 4.78 is 6.38. The highest BCUT2D eigenvalue weighted by Gasteiger charge is 2.39. The number of ether oxygens (including phenoxy) is 1. The monoisotopic (exact) mass is 283 g/mol. The number of hydrogen-bond acceptors (Lipinski definition) is 2. The summed E-state index contributed by atoms with van der Waals surface area (Å²) in [6, 6.07) is 0.537. The van der Waals surface area contributed by atoms with Crippen LogP contribution in [0.5, 0.6) is 0 Å². The third kappa shape index (κ3) is 5.73. The van der Waals surface area contributed by atoms with Crippen molar-refractivity contribution in [2.45, 2.75) is 85.8 Å². The van der Waals surface area contributed by atoms with Crippen LogP contribution < -0.4 is 5.32 Å². The normalized spacial score (nSPS) is 28.4. The zero-order chi connectivity index (χ0) is 15.4. The summed E-state index contributed by atoms with van der Waals surface area (Å²) in [6.07, 6.45) is 5.03. The smallest absolute Gasteiger partial charge is 0.0806 e. The van der Waals surface area contributed by atoms with Gasteiger partial charge in [0.25, 0.3) is 0 Å². The van der Waals surface area contributed by atoms with Crippen LogP contribution in [0.2, 0.25) is 0 Å². The van der Waals surface area contributed by atoms with Crippen molar-refractivity contribution in [3.05, 3.63) is 0 Å². The van der Waals surface area contributed by atoms with Crippen molar-refractivity contribution in [1.82, 2.24) is 5.32 Å². The molecule has 0 unspecified atom stereocenters. The summed E-state index contributed by atoms with van der Waals surface area (Å²) >= 11 is 0. The van der Waals surface area contributed by atoms with E-state index in [1.807, 2.05) is 0 Å². The zero-order valence-electron chi connectivity index (χ0n) is 14.9. The average molecular weight is 284 g/mol. The van der Waals surface area contributed by atoms with E-state index in [1.54, 1.807) is 0 Å². The van der Waals surface area contributed by atoms with E-state index >= 15 is 0 Å². The van der Waals surface area contributed by atoms with E-state index in [2.05, 4.69) is 53.8 Å². The third-order valence-corrected chi connectivity index (χ3v) is 4.68. The molecule has 0 spiro atoms. The first kappa shape index (κ1) is 18.0. The first-order valence-electron chi connectivity index (χ1n) is 8.52. The molecule has 0 heterocycles. The quantitative estimate of drug-likeness (QED) is 0.767. The predicted molar refractivity (Wildman–Crippen MR) is 88.1 cm³/mol. The molecule has 1 saturated carbocycles. The molecule has 1 N–H and O–H groups in total. The van der Waals surface area contributed by atoms with Crippen LogP contribution in [-0.2, 0) is 4.74 Å². The minimum atomic E-state index is 0.0797. The van der Waals surface area contributed by atoms with Gasteiger partial charge in [-0.3, -0.25) is 0 Å². The molecule has 1 aliphatic carbocycles. The van der Waals surface area contributed by atoms with Crippen LogP contribution >= 0.6 is 0 Å². The maximum Gasteiger partial charge on any atom is 0.0806 e. The molecule has 20 heavy (non-hydrogen) atoms. The van der Waals surface area contributed by atoms with Crippen LogP contribution in [0.3, 0.4) is 0 Å². The van der Waals surface area contributed by atoms with Gasteiger partial charge in [-0.25, -0.2) is 0 Å². The highest BCUT2D eigenvalue weighted by atomic mass is 16.5. The first-order valence-corrected chi connectivity index (χ1v) is 8.52. The fourth-order valence-corrected chi connectivity index (χ4v) is 3.12. The molecule has 1 fully saturated rings. The van der Waals surface area contributed by atoms with Crippen molar-refractivity contribution in [1.29, 1.82) is 0 Å². The van der Waals surface area contributed by atoms with Crippen molar-refractivity contribution in [3.8, 4) is 0 Å². The molecule has 2 heteroatoms. The van der Waals surface area contributed by atoms with Gasteiger partial charge in [-0.1, -0.05) is 48.5 Å². The Morgan fingerprint density at radius 1 is 1.10 bits per heavy atom. The van der Waals surface area contributed by atoms with Gasteiger partial charge in [0.05, 0.1) is 5.60 Å². The van der Waals surface area contributed by atoms with E-state index in [4.69, 9.17) is 4.74 Å². The second kappa shape index (κ2) is 7.26. The summed E-state index contributed by atoms with van der Waals surface area (Å²) in [5, 5.41) is 3.61. The largest absolute Gasteiger partial charge is 0.373 e. The molecular formula is C18H37NO. The second-order valence-electron chi connectivity index (χ2n) is 8.56. The summed E-state index contributed by atoms with van der Waals surface area (Å²) in [4.78, 5) is 0. The van der Waals surface area contributed by atoms with Crippen molar-refractivity contribution in [2.75, 3.05) is 13.2 Å². The highest BCUT2D eigenvalue weighted by molar-refractivity contribution is 4.92. The van der Waals surface area contributed by atoms with Crippen LogP contribution in [0, 0.1) is 17.3 Å². The van der Waals surface area contributed by atoms with E-state index in [0.29, 0.717) is 17.4 Å². The van der Waals surface area contributed by atoms with Gasteiger partial charge < -0.3 is 10.1 Å². The van der Waals surface area contributed by atoms with E-state index < -0.39 is 0 Å². The third-order valence-electron chi connectivity index (χ3n) is 4.68. The van der Waals surface area contributed by atoms with Crippen LogP contribution in [0.25, 0.3) is 0 Å². The summed E-state index contributed by atoms with van der Waals surface area (Å²) in [5.74, 6) is 1.46. The Bertz CT molecular complexity index is 256. The minimum Gasteiger partial charge on any atom is -0.373 e. The lowest BCUT2D eigenvalue weighted by Crippen LogP contribution is -2.49. The Morgan fingerprint density at radius 2 is 1.65 bits per heavy atom. The maximum absolute atomic E-state index is 6.38. The Hall–Kier alpha value is -0.0800. The summed E-state index contributed by atoms with van der Waals surface area (Å²) in [6.45, 7) is 18.0. The van der Waals surface area contributed by atoms with E-state index in [9.17, 15) is 0 Å². The van der Waals surface area contributed by atoms with Gasteiger partial charge >= 0.3 is 0 Å². The second-order valence-corrected chi connectivity index (χ2v) is 8.56. The van der Waals surface area contributed by atoms with E-state index in [0.717, 1.165) is 19.1 Å². The molecule has 1 aliphatic rings. The standard InChI is InChI=1S/C18H37NO/c1-14(2)12-20-18(13-19-15(3)4)10-8-16(9-11-18)17(5,6)7/h14-16,19H,8-13H2,1-7H3. The average Bonchev–Trinajstić information content (AvgIpc) is 2.34. The van der Waals surface area contributed by atoms with E-state index in [1.165, 1.54) is 25.7 Å². The molecular weight excluding hydrogens is 246 g/mol. The SMILES string of the molecule is CC(C)COC1(CNC(C)C)CCC(C(C)(C)C)CC1. The Kier molecular flexibility index (Phi) is 6.53. The molecule has 0 aromatic carbocycles. The Labute approximate surface area is 127 Å². The zero-order valence-corrected chi connectivity index (χ0v) is 14.9. The van der Waals surface area contributed by atoms with Crippen LogP contribution in [0.15, 0.2) is 0 Å². The fraction of sp³-hybridized carbons (Fsp3) is 1.00. The van der Waals surface area contributed by atoms with E-state index in [-0.39, 0.29) is 5.60 Å². The Morgan fingerprint density at radius 3 is 2.05 bits per heavy atom. The topological polar surface area (TPSA) is 21.3 Å². The van der Waals surface area contributed by atoms with Crippen molar-refractivity contribution < 1.29 is 4.74 Å². The lowest BCUT2D eigenvalue weighted by Gasteiger charge is -2.44. The first-order chi connectivity index (χ1) is 9.15. The summed E-state index contributed by atoms with van der Waals surface area (Å²) in [7, 11) is 0. The molecule has 120 valence electrons. The maximum atomic E-state index is 6.38. The number of hydrogen-bond donors (Lipinski definition) is 1. The van der Waals surface area contributed by atoms with Crippen LogP contribution in [0.4, 0.5) is 0 Å². The van der Waals surface area contributed by atoms with Gasteiger partial charge in [0, 0.05) is 19.2 Å². The van der Waals surface area contributed by atoms with Gasteiger partial charge in [0.2, 0.25) is 0 Å². The predicted octanol–water partition coefficient (Wildman–Crippen LogP) is 4.63. The highest BCUT2D eigenvalue weighted by Crippen LogP contribution is 2.42. The van der Waals surface area contributed by atoms with Crippen molar-refractivity contribution in [2.24, 2.45) is 17.3 Å². The van der Waals surface area contributed by atoms with Gasteiger partial charge in [0.15, 0.2) is 0 Å². The molecule has 1 rings (SSSR count). The molecule has 0 amide bonds. The number of rotatable bonds is 6. The van der Waals surface area contributed by atoms with Crippen LogP contribution in [0.1, 0.15) is 74.1 Å². The molecule has 0 radical (unpaired) electrons. The molecule has 0 bridgehead atoms. The molecule has 0 aliphatic heterocycles. The molecule has 2 nitrogen and oxygen atoms in total. The van der Waals surface area contributed by atoms with Gasteiger partial charge in [0.1, 0.15) is 0 Å². The van der Waals surface area contributed by atoms with Crippen LogP contribution in [-0.4, -0.2) is 24.8 Å². The van der Waals surface area contributed by atoms with Crippen molar-refractivity contribution in [3.63, 3.8) is 0 Å². The lowest BCUT2D eigenvalue weighted by atomic mass is 9.68. The Balaban J connectivity index is 2.61. The molecule has 0 aromatic rings. The minimum absolute atomic E-state index is 0.0797. The van der Waals surface area contributed by atoms with Gasteiger partial charge in [-0.05, 0) is 42.9 Å². The number of nitrogens with one attached hydrogen (secondary N) is 1.